The predicted molar refractivity (Wildman–Crippen MR) is 71.4 cm³/mol. The summed E-state index contributed by atoms with van der Waals surface area (Å²) in [5.74, 6) is 0.257. The summed E-state index contributed by atoms with van der Waals surface area (Å²) in [7, 11) is -3.77. The van der Waals surface area contributed by atoms with E-state index >= 15 is 0 Å². The molecule has 0 saturated carbocycles. The zero-order valence-corrected chi connectivity index (χ0v) is 11.1. The SMILES string of the molecule is CCOc1ccc(N)cc1S(=O)(=O)Nc1cn[nH]c1. The second-order valence-corrected chi connectivity index (χ2v) is 5.38. The molecule has 102 valence electrons. The van der Waals surface area contributed by atoms with Gasteiger partial charge < -0.3 is 10.5 Å². The Labute approximate surface area is 110 Å². The number of ether oxygens (including phenoxy) is 1. The van der Waals surface area contributed by atoms with E-state index in [2.05, 4.69) is 14.9 Å². The molecule has 0 saturated heterocycles. The average molecular weight is 282 g/mol. The molecule has 2 aromatic rings. The van der Waals surface area contributed by atoms with E-state index in [0.29, 0.717) is 18.0 Å². The first-order chi connectivity index (χ1) is 9.03. The number of benzene rings is 1. The van der Waals surface area contributed by atoms with Gasteiger partial charge in [-0.3, -0.25) is 9.82 Å². The second-order valence-electron chi connectivity index (χ2n) is 3.73. The van der Waals surface area contributed by atoms with Crippen LogP contribution < -0.4 is 15.2 Å². The van der Waals surface area contributed by atoms with Crippen molar-refractivity contribution in [3.8, 4) is 5.75 Å². The van der Waals surface area contributed by atoms with E-state index < -0.39 is 10.0 Å². The molecule has 0 aliphatic carbocycles. The van der Waals surface area contributed by atoms with Crippen molar-refractivity contribution in [3.05, 3.63) is 30.6 Å². The number of anilines is 2. The van der Waals surface area contributed by atoms with E-state index in [-0.39, 0.29) is 10.6 Å². The van der Waals surface area contributed by atoms with Crippen LogP contribution in [0.4, 0.5) is 11.4 Å². The maximum Gasteiger partial charge on any atom is 0.265 e. The Morgan fingerprint density at radius 3 is 2.89 bits per heavy atom. The third kappa shape index (κ3) is 2.97. The van der Waals surface area contributed by atoms with Gasteiger partial charge in [-0.1, -0.05) is 0 Å². The maximum atomic E-state index is 12.3. The molecule has 2 rings (SSSR count). The number of nitrogens with zero attached hydrogens (tertiary/aromatic N) is 1. The number of nitrogens with two attached hydrogens (primary N) is 1. The first-order valence-electron chi connectivity index (χ1n) is 5.57. The highest BCUT2D eigenvalue weighted by Crippen LogP contribution is 2.27. The van der Waals surface area contributed by atoms with Gasteiger partial charge in [-0.25, -0.2) is 8.42 Å². The average Bonchev–Trinajstić information content (AvgIpc) is 2.83. The minimum atomic E-state index is -3.77. The van der Waals surface area contributed by atoms with Crippen molar-refractivity contribution in [1.82, 2.24) is 10.2 Å². The Hall–Kier alpha value is -2.22. The summed E-state index contributed by atoms with van der Waals surface area (Å²) in [4.78, 5) is -0.00412. The number of rotatable bonds is 5. The molecule has 1 aromatic carbocycles. The van der Waals surface area contributed by atoms with E-state index in [0.717, 1.165) is 0 Å². The molecule has 1 aromatic heterocycles. The van der Waals surface area contributed by atoms with Crippen molar-refractivity contribution in [3.63, 3.8) is 0 Å². The molecular weight excluding hydrogens is 268 g/mol. The van der Waals surface area contributed by atoms with Gasteiger partial charge in [0.15, 0.2) is 0 Å². The lowest BCUT2D eigenvalue weighted by molar-refractivity contribution is 0.331. The zero-order chi connectivity index (χ0) is 13.9. The van der Waals surface area contributed by atoms with E-state index in [9.17, 15) is 8.42 Å². The molecule has 19 heavy (non-hydrogen) atoms. The fourth-order valence-electron chi connectivity index (χ4n) is 1.53. The number of nitrogen functional groups attached to an aromatic ring is 1. The smallest absolute Gasteiger partial charge is 0.265 e. The molecule has 0 fully saturated rings. The molecule has 0 aliphatic rings. The van der Waals surface area contributed by atoms with E-state index in [1.54, 1.807) is 13.0 Å². The van der Waals surface area contributed by atoms with Gasteiger partial charge >= 0.3 is 0 Å². The molecule has 0 bridgehead atoms. The third-order valence-electron chi connectivity index (χ3n) is 2.31. The fraction of sp³-hybridized carbons (Fsp3) is 0.182. The van der Waals surface area contributed by atoms with E-state index in [1.165, 1.54) is 24.5 Å². The molecule has 0 unspecified atom stereocenters. The molecule has 0 aliphatic heterocycles. The quantitative estimate of drug-likeness (QED) is 0.713. The Morgan fingerprint density at radius 1 is 1.47 bits per heavy atom. The molecule has 7 nitrogen and oxygen atoms in total. The minimum Gasteiger partial charge on any atom is -0.492 e. The molecule has 0 amide bonds. The van der Waals surface area contributed by atoms with Gasteiger partial charge in [-0.2, -0.15) is 5.10 Å². The van der Waals surface area contributed by atoms with Crippen LogP contribution in [-0.4, -0.2) is 25.2 Å². The molecule has 8 heteroatoms. The van der Waals surface area contributed by atoms with Crippen molar-refractivity contribution in [2.24, 2.45) is 0 Å². The number of H-pyrrole nitrogens is 1. The van der Waals surface area contributed by atoms with Crippen molar-refractivity contribution >= 4 is 21.4 Å². The van der Waals surface area contributed by atoms with Crippen molar-refractivity contribution in [2.45, 2.75) is 11.8 Å². The summed E-state index contributed by atoms with van der Waals surface area (Å²) >= 11 is 0. The number of sulfonamides is 1. The highest BCUT2D eigenvalue weighted by atomic mass is 32.2. The summed E-state index contributed by atoms with van der Waals surface area (Å²) in [5.41, 5.74) is 6.31. The number of nitrogens with one attached hydrogen (secondary N) is 2. The molecule has 0 spiro atoms. The number of hydrogen-bond donors (Lipinski definition) is 3. The van der Waals surface area contributed by atoms with Gasteiger partial charge in [-0.15, -0.1) is 0 Å². The normalized spacial score (nSPS) is 11.2. The van der Waals surface area contributed by atoms with Crippen LogP contribution in [0.5, 0.6) is 5.75 Å². The number of hydrogen-bond acceptors (Lipinski definition) is 5. The van der Waals surface area contributed by atoms with Crippen LogP contribution in [0.3, 0.4) is 0 Å². The monoisotopic (exact) mass is 282 g/mol. The van der Waals surface area contributed by atoms with Gasteiger partial charge in [0.05, 0.1) is 18.5 Å². The topological polar surface area (TPSA) is 110 Å². The lowest BCUT2D eigenvalue weighted by Gasteiger charge is -2.12. The Balaban J connectivity index is 2.41. The third-order valence-corrected chi connectivity index (χ3v) is 3.71. The Morgan fingerprint density at radius 2 is 2.26 bits per heavy atom. The van der Waals surface area contributed by atoms with Gasteiger partial charge in [0, 0.05) is 11.9 Å². The molecular formula is C11H14N4O3S. The van der Waals surface area contributed by atoms with E-state index in [4.69, 9.17) is 10.5 Å². The van der Waals surface area contributed by atoms with Crippen molar-refractivity contribution in [2.75, 3.05) is 17.1 Å². The first kappa shape index (κ1) is 13.2. The summed E-state index contributed by atoms with van der Waals surface area (Å²) in [6.45, 7) is 2.13. The highest BCUT2D eigenvalue weighted by Gasteiger charge is 2.20. The van der Waals surface area contributed by atoms with Gasteiger partial charge in [0.1, 0.15) is 10.6 Å². The highest BCUT2D eigenvalue weighted by molar-refractivity contribution is 7.92. The lowest BCUT2D eigenvalue weighted by atomic mass is 10.3. The van der Waals surface area contributed by atoms with Gasteiger partial charge in [0.2, 0.25) is 0 Å². The second kappa shape index (κ2) is 5.19. The van der Waals surface area contributed by atoms with E-state index in [1.807, 2.05) is 0 Å². The molecule has 4 N–H and O–H groups in total. The summed E-state index contributed by atoms with van der Waals surface area (Å²) in [5, 5.41) is 6.19. The Bertz CT molecular complexity index is 653. The number of aromatic nitrogens is 2. The minimum absolute atomic E-state index is 0.00412. The van der Waals surface area contributed by atoms with Crippen LogP contribution in [0.15, 0.2) is 35.5 Å². The van der Waals surface area contributed by atoms with Gasteiger partial charge in [0.25, 0.3) is 10.0 Å². The summed E-state index contributed by atoms with van der Waals surface area (Å²) in [6, 6.07) is 4.47. The van der Waals surface area contributed by atoms with Crippen LogP contribution >= 0.6 is 0 Å². The van der Waals surface area contributed by atoms with Crippen LogP contribution in [0.25, 0.3) is 0 Å². The standard InChI is InChI=1S/C11H14N4O3S/c1-2-18-10-4-3-8(12)5-11(10)19(16,17)15-9-6-13-14-7-9/h3-7,15H,2,12H2,1H3,(H,13,14). The zero-order valence-electron chi connectivity index (χ0n) is 10.3. The fourth-order valence-corrected chi connectivity index (χ4v) is 2.74. The molecule has 0 radical (unpaired) electrons. The Kier molecular flexibility index (Phi) is 3.61. The van der Waals surface area contributed by atoms with Crippen molar-refractivity contribution < 1.29 is 13.2 Å². The van der Waals surface area contributed by atoms with Crippen LogP contribution in [-0.2, 0) is 10.0 Å². The largest absolute Gasteiger partial charge is 0.492 e. The van der Waals surface area contributed by atoms with Crippen LogP contribution in [0, 0.1) is 0 Å². The molecule has 1 heterocycles. The predicted octanol–water partition coefficient (Wildman–Crippen LogP) is 1.19. The maximum absolute atomic E-state index is 12.3. The van der Waals surface area contributed by atoms with Gasteiger partial charge in [-0.05, 0) is 25.1 Å². The summed E-state index contributed by atoms with van der Waals surface area (Å²) in [6.07, 6.45) is 2.80. The summed E-state index contributed by atoms with van der Waals surface area (Å²) < 4.78 is 32.2. The first-order valence-corrected chi connectivity index (χ1v) is 7.05. The van der Waals surface area contributed by atoms with Crippen LogP contribution in [0.1, 0.15) is 6.92 Å². The van der Waals surface area contributed by atoms with Crippen molar-refractivity contribution in [1.29, 1.82) is 0 Å². The molecule has 0 atom stereocenters. The lowest BCUT2D eigenvalue weighted by Crippen LogP contribution is -2.14. The van der Waals surface area contributed by atoms with Crippen LogP contribution in [0.2, 0.25) is 0 Å². The number of aromatic amines is 1.